The second-order valence-electron chi connectivity index (χ2n) is 6.21. The van der Waals surface area contributed by atoms with Crippen LogP contribution in [0.1, 0.15) is 25.3 Å². The molecule has 9 nitrogen and oxygen atoms in total. The van der Waals surface area contributed by atoms with Gasteiger partial charge in [-0.3, -0.25) is 24.1 Å². The highest BCUT2D eigenvalue weighted by molar-refractivity contribution is 7.81. The maximum atomic E-state index is 12.2. The van der Waals surface area contributed by atoms with Crippen LogP contribution in [0.3, 0.4) is 0 Å². The largest absolute Gasteiger partial charge is 0.480 e. The molecule has 0 bridgehead atoms. The molecule has 1 aromatic heterocycles. The van der Waals surface area contributed by atoms with Gasteiger partial charge in [-0.25, -0.2) is 4.79 Å². The molecule has 0 saturated carbocycles. The Balaban J connectivity index is 2.16. The van der Waals surface area contributed by atoms with E-state index in [1.54, 1.807) is 5.38 Å². The Morgan fingerprint density at radius 1 is 1.23 bits per heavy atom. The molecular weight excluding hydrogens is 384 g/mol. The normalized spacial score (nSPS) is 17.4. The SMILES string of the molecule is CC(C)(S)[C@H](C(=O)O)N1C(=O)C(NC(=O)[C@H](C(=O)O)c2ccsc2)C1=O. The highest BCUT2D eigenvalue weighted by atomic mass is 32.1. The van der Waals surface area contributed by atoms with Gasteiger partial charge in [0, 0.05) is 4.75 Å². The van der Waals surface area contributed by atoms with Crippen LogP contribution in [0.15, 0.2) is 16.8 Å². The molecule has 26 heavy (non-hydrogen) atoms. The number of rotatable bonds is 7. The Bertz CT molecular complexity index is 753. The number of hydrogen-bond donors (Lipinski definition) is 4. The van der Waals surface area contributed by atoms with E-state index in [-0.39, 0.29) is 5.56 Å². The van der Waals surface area contributed by atoms with E-state index < -0.39 is 52.4 Å². The van der Waals surface area contributed by atoms with Crippen molar-refractivity contribution in [3.63, 3.8) is 0 Å². The molecule has 1 aliphatic heterocycles. The number of carboxylic acid groups (broad SMARTS) is 2. The van der Waals surface area contributed by atoms with Gasteiger partial charge in [0.15, 0.2) is 18.0 Å². The first kappa shape index (κ1) is 19.9. The number of aliphatic carboxylic acids is 2. The molecule has 1 fully saturated rings. The number of nitrogens with one attached hydrogen (secondary N) is 1. The van der Waals surface area contributed by atoms with Gasteiger partial charge in [-0.1, -0.05) is 0 Å². The number of carboxylic acids is 2. The van der Waals surface area contributed by atoms with Crippen LogP contribution in [-0.2, 0) is 24.0 Å². The Morgan fingerprint density at radius 3 is 2.19 bits per heavy atom. The first-order valence-electron chi connectivity index (χ1n) is 7.34. The zero-order chi connectivity index (χ0) is 19.8. The fraction of sp³-hybridized carbons (Fsp3) is 0.400. The van der Waals surface area contributed by atoms with Crippen molar-refractivity contribution in [2.45, 2.75) is 36.6 Å². The van der Waals surface area contributed by atoms with E-state index in [4.69, 9.17) is 0 Å². The van der Waals surface area contributed by atoms with E-state index in [9.17, 15) is 34.2 Å². The number of likely N-dealkylation sites (tertiary alicyclic amines) is 1. The fourth-order valence-electron chi connectivity index (χ4n) is 2.60. The van der Waals surface area contributed by atoms with Crippen molar-refractivity contribution in [1.82, 2.24) is 10.2 Å². The third-order valence-electron chi connectivity index (χ3n) is 3.80. The van der Waals surface area contributed by atoms with Crippen LogP contribution < -0.4 is 5.32 Å². The van der Waals surface area contributed by atoms with Crippen molar-refractivity contribution in [1.29, 1.82) is 0 Å². The van der Waals surface area contributed by atoms with Gasteiger partial charge in [-0.05, 0) is 36.2 Å². The average Bonchev–Trinajstić information content (AvgIpc) is 3.01. The van der Waals surface area contributed by atoms with E-state index in [2.05, 4.69) is 17.9 Å². The maximum Gasteiger partial charge on any atom is 0.328 e. The van der Waals surface area contributed by atoms with Crippen LogP contribution in [0.4, 0.5) is 0 Å². The molecule has 0 spiro atoms. The first-order valence-corrected chi connectivity index (χ1v) is 8.73. The molecule has 3 amide bonds. The Morgan fingerprint density at radius 2 is 1.81 bits per heavy atom. The molecule has 3 N–H and O–H groups in total. The number of thiol groups is 1. The van der Waals surface area contributed by atoms with Gasteiger partial charge in [0.05, 0.1) is 0 Å². The number of nitrogens with zero attached hydrogens (tertiary/aromatic N) is 1. The molecule has 140 valence electrons. The molecule has 0 aromatic carbocycles. The number of β-lactam (4-membered cyclic amide) rings is 2. The van der Waals surface area contributed by atoms with Crippen molar-refractivity contribution >= 4 is 53.6 Å². The molecule has 0 aliphatic carbocycles. The molecule has 2 atom stereocenters. The Labute approximate surface area is 157 Å². The monoisotopic (exact) mass is 400 g/mol. The topological polar surface area (TPSA) is 141 Å². The summed E-state index contributed by atoms with van der Waals surface area (Å²) in [5.74, 6) is -7.30. The standard InChI is InChI=1S/C15H16N2O7S2/c1-15(2,25)9(14(23)24)17-11(19)8(12(17)20)16-10(18)7(13(21)22)6-3-4-26-5-6/h3-5,7-9,25H,1-2H3,(H,16,18)(H,21,22)(H,23,24)/t7-,9+/m1/s1. The quantitative estimate of drug-likeness (QED) is 0.285. The van der Waals surface area contributed by atoms with E-state index >= 15 is 0 Å². The number of thiophene rings is 1. The van der Waals surface area contributed by atoms with Crippen molar-refractivity contribution in [2.24, 2.45) is 0 Å². The number of imide groups is 1. The zero-order valence-corrected chi connectivity index (χ0v) is 15.4. The molecule has 2 rings (SSSR count). The van der Waals surface area contributed by atoms with Crippen LogP contribution >= 0.6 is 24.0 Å². The lowest BCUT2D eigenvalue weighted by Crippen LogP contribution is -2.74. The summed E-state index contributed by atoms with van der Waals surface area (Å²) < 4.78 is -1.22. The summed E-state index contributed by atoms with van der Waals surface area (Å²) in [5.41, 5.74) is 0.219. The minimum atomic E-state index is -1.61. The second kappa shape index (κ2) is 7.08. The van der Waals surface area contributed by atoms with Crippen LogP contribution in [0.5, 0.6) is 0 Å². The third-order valence-corrected chi connectivity index (χ3v) is 4.75. The summed E-state index contributed by atoms with van der Waals surface area (Å²) in [6, 6.07) is -1.68. The van der Waals surface area contributed by atoms with Gasteiger partial charge in [0.1, 0.15) is 0 Å². The maximum absolute atomic E-state index is 12.2. The van der Waals surface area contributed by atoms with E-state index in [1.807, 2.05) is 0 Å². The second-order valence-corrected chi connectivity index (χ2v) is 8.14. The summed E-state index contributed by atoms with van der Waals surface area (Å²) >= 11 is 5.30. The van der Waals surface area contributed by atoms with Crippen LogP contribution in [-0.4, -0.2) is 61.6 Å². The fourth-order valence-corrected chi connectivity index (χ4v) is 3.52. The lowest BCUT2D eigenvalue weighted by atomic mass is 9.93. The molecule has 11 heteroatoms. The third kappa shape index (κ3) is 3.58. The highest BCUT2D eigenvalue weighted by Gasteiger charge is 2.56. The van der Waals surface area contributed by atoms with Crippen LogP contribution in [0, 0.1) is 0 Å². The molecular formula is C15H16N2O7S2. The summed E-state index contributed by atoms with van der Waals surface area (Å²) in [5, 5.41) is 23.7. The minimum Gasteiger partial charge on any atom is -0.480 e. The Kier molecular flexibility index (Phi) is 5.42. The smallest absolute Gasteiger partial charge is 0.328 e. The average molecular weight is 400 g/mol. The molecule has 1 saturated heterocycles. The van der Waals surface area contributed by atoms with E-state index in [0.29, 0.717) is 4.90 Å². The van der Waals surface area contributed by atoms with E-state index in [0.717, 1.165) is 0 Å². The predicted octanol–water partition coefficient (Wildman–Crippen LogP) is -0.0685. The summed E-state index contributed by atoms with van der Waals surface area (Å²) in [6.07, 6.45) is 0. The highest BCUT2D eigenvalue weighted by Crippen LogP contribution is 2.29. The molecule has 2 heterocycles. The van der Waals surface area contributed by atoms with Gasteiger partial charge < -0.3 is 15.5 Å². The summed E-state index contributed by atoms with van der Waals surface area (Å²) in [4.78, 5) is 60.0. The van der Waals surface area contributed by atoms with Gasteiger partial charge in [-0.15, -0.1) is 0 Å². The predicted molar refractivity (Wildman–Crippen MR) is 93.0 cm³/mol. The minimum absolute atomic E-state index is 0.219. The lowest BCUT2D eigenvalue weighted by Gasteiger charge is -2.43. The molecule has 1 aliphatic rings. The number of carbonyl (C=O) groups excluding carboxylic acids is 3. The van der Waals surface area contributed by atoms with Gasteiger partial charge in [0.2, 0.25) is 5.91 Å². The van der Waals surface area contributed by atoms with Crippen molar-refractivity contribution in [2.75, 3.05) is 0 Å². The molecule has 0 unspecified atom stereocenters. The summed E-state index contributed by atoms with van der Waals surface area (Å²) in [6.45, 7) is 2.86. The zero-order valence-electron chi connectivity index (χ0n) is 13.7. The first-order chi connectivity index (χ1) is 12.0. The van der Waals surface area contributed by atoms with Crippen molar-refractivity contribution in [3.8, 4) is 0 Å². The van der Waals surface area contributed by atoms with Crippen molar-refractivity contribution < 1.29 is 34.2 Å². The number of hydrogen-bond acceptors (Lipinski definition) is 7. The Hall–Kier alpha value is -2.40. The van der Waals surface area contributed by atoms with Gasteiger partial charge in [-0.2, -0.15) is 24.0 Å². The summed E-state index contributed by atoms with van der Waals surface area (Å²) in [7, 11) is 0. The van der Waals surface area contributed by atoms with Crippen LogP contribution in [0.2, 0.25) is 0 Å². The van der Waals surface area contributed by atoms with Crippen LogP contribution in [0.25, 0.3) is 0 Å². The molecule has 0 radical (unpaired) electrons. The van der Waals surface area contributed by atoms with Gasteiger partial charge in [0.25, 0.3) is 11.8 Å². The number of amides is 3. The number of carbonyl (C=O) groups is 5. The van der Waals surface area contributed by atoms with E-state index in [1.165, 1.54) is 36.6 Å². The lowest BCUT2D eigenvalue weighted by molar-refractivity contribution is -0.173. The molecule has 1 aromatic rings. The van der Waals surface area contributed by atoms with Gasteiger partial charge >= 0.3 is 11.9 Å². The van der Waals surface area contributed by atoms with Crippen molar-refractivity contribution in [3.05, 3.63) is 22.4 Å².